The fourth-order valence-corrected chi connectivity index (χ4v) is 2.01. The maximum absolute atomic E-state index is 11.7. The Hall–Kier alpha value is -2.00. The molecule has 0 aliphatic heterocycles. The summed E-state index contributed by atoms with van der Waals surface area (Å²) in [6, 6.07) is 1.49. The van der Waals surface area contributed by atoms with Crippen LogP contribution in [-0.4, -0.2) is 18.1 Å². The van der Waals surface area contributed by atoms with Crippen LogP contribution in [0.25, 0.3) is 0 Å². The van der Waals surface area contributed by atoms with Gasteiger partial charge < -0.3 is 10.5 Å². The zero-order chi connectivity index (χ0) is 13.7. The molecule has 0 spiro atoms. The lowest BCUT2D eigenvalue weighted by molar-refractivity contribution is 0.0880. The molecule has 1 heterocycles. The summed E-state index contributed by atoms with van der Waals surface area (Å²) in [5, 5.41) is 2.12. The largest absolute Gasteiger partial charge is 0.447 e. The van der Waals surface area contributed by atoms with E-state index < -0.39 is 12.0 Å². The minimum absolute atomic E-state index is 0.285. The monoisotopic (exact) mass is 266 g/mol. The van der Waals surface area contributed by atoms with Crippen LogP contribution in [0.1, 0.15) is 35.3 Å². The van der Waals surface area contributed by atoms with E-state index in [0.29, 0.717) is 15.4 Å². The number of rotatable bonds is 2. The Bertz CT molecular complexity index is 523. The number of alkyl carbamates (subject to hydrolysis) is 1. The Labute approximate surface area is 109 Å². The molecule has 18 heavy (non-hydrogen) atoms. The molecule has 0 bridgehead atoms. The lowest BCUT2D eigenvalue weighted by atomic mass is 10.3. The van der Waals surface area contributed by atoms with E-state index in [9.17, 15) is 9.59 Å². The number of carbonyl (C=O) groups is 2. The zero-order valence-electron chi connectivity index (χ0n) is 10.4. The number of imide groups is 1. The first kappa shape index (κ1) is 14.1. The summed E-state index contributed by atoms with van der Waals surface area (Å²) < 4.78 is 4.80. The Morgan fingerprint density at radius 2 is 2.17 bits per heavy atom. The van der Waals surface area contributed by atoms with Crippen LogP contribution < -0.4 is 11.1 Å². The molecule has 0 aromatic carbocycles. The molecule has 6 heteroatoms. The highest BCUT2D eigenvalue weighted by Gasteiger charge is 2.16. The van der Waals surface area contributed by atoms with Crippen molar-refractivity contribution in [3.8, 4) is 11.8 Å². The van der Waals surface area contributed by atoms with Gasteiger partial charge in [0.25, 0.3) is 5.91 Å². The average molecular weight is 266 g/mol. The molecular formula is C12H14N2O3S. The van der Waals surface area contributed by atoms with Crippen LogP contribution in [0.5, 0.6) is 0 Å². The van der Waals surface area contributed by atoms with Gasteiger partial charge in [-0.15, -0.1) is 17.3 Å². The first-order valence-corrected chi connectivity index (χ1v) is 6.09. The van der Waals surface area contributed by atoms with Crippen molar-refractivity contribution in [3.63, 3.8) is 0 Å². The van der Waals surface area contributed by atoms with Crippen LogP contribution in [0, 0.1) is 11.8 Å². The third kappa shape index (κ3) is 3.79. The molecule has 96 valence electrons. The number of nitrogens with one attached hydrogen (secondary N) is 1. The second-order valence-corrected chi connectivity index (χ2v) is 4.73. The third-order valence-corrected chi connectivity index (χ3v) is 2.85. The minimum Gasteiger partial charge on any atom is -0.447 e. The summed E-state index contributed by atoms with van der Waals surface area (Å²) in [5.41, 5.74) is 6.12. The van der Waals surface area contributed by atoms with Gasteiger partial charge in [-0.25, -0.2) is 4.79 Å². The summed E-state index contributed by atoms with van der Waals surface area (Å²) in [6.07, 6.45) is -1.06. The number of hydrogen-bond donors (Lipinski definition) is 2. The molecule has 5 nitrogen and oxygen atoms in total. The SMILES string of the molecule is CC#Cc1sc(C(=O)NC(=O)OC(C)C)cc1N. The maximum atomic E-state index is 11.7. The van der Waals surface area contributed by atoms with Gasteiger partial charge in [-0.3, -0.25) is 10.1 Å². The standard InChI is InChI=1S/C12H14N2O3S/c1-4-5-9-8(13)6-10(18-9)11(15)14-12(16)17-7(2)3/h6-7H,13H2,1-3H3,(H,14,15,16). The van der Waals surface area contributed by atoms with Crippen LogP contribution in [0.2, 0.25) is 0 Å². The second-order valence-electron chi connectivity index (χ2n) is 3.68. The molecule has 0 radical (unpaired) electrons. The van der Waals surface area contributed by atoms with Crippen molar-refractivity contribution in [3.05, 3.63) is 15.8 Å². The smallest absolute Gasteiger partial charge is 0.414 e. The Balaban J connectivity index is 2.75. The van der Waals surface area contributed by atoms with Crippen molar-refractivity contribution in [2.75, 3.05) is 5.73 Å². The lowest BCUT2D eigenvalue weighted by Gasteiger charge is -2.07. The number of thiophene rings is 1. The van der Waals surface area contributed by atoms with Gasteiger partial charge in [0.2, 0.25) is 0 Å². The molecule has 0 atom stereocenters. The van der Waals surface area contributed by atoms with Crippen LogP contribution in [0.3, 0.4) is 0 Å². The molecule has 1 aromatic heterocycles. The summed E-state index contributed by atoms with van der Waals surface area (Å²) in [5.74, 6) is 4.94. The van der Waals surface area contributed by atoms with Gasteiger partial charge >= 0.3 is 6.09 Å². The fraction of sp³-hybridized carbons (Fsp3) is 0.333. The van der Waals surface area contributed by atoms with Gasteiger partial charge in [-0.05, 0) is 26.8 Å². The van der Waals surface area contributed by atoms with E-state index in [2.05, 4.69) is 17.2 Å². The minimum atomic E-state index is -0.773. The maximum Gasteiger partial charge on any atom is 0.414 e. The number of amides is 2. The highest BCUT2D eigenvalue weighted by Crippen LogP contribution is 2.23. The molecule has 2 amide bonds. The van der Waals surface area contributed by atoms with E-state index in [4.69, 9.17) is 10.5 Å². The summed E-state index contributed by atoms with van der Waals surface area (Å²) in [4.78, 5) is 23.9. The zero-order valence-corrected chi connectivity index (χ0v) is 11.2. The summed E-state index contributed by atoms with van der Waals surface area (Å²) in [7, 11) is 0. The Kier molecular flexibility index (Phi) is 4.75. The molecule has 1 rings (SSSR count). The predicted octanol–water partition coefficient (Wildman–Crippen LogP) is 1.98. The van der Waals surface area contributed by atoms with Crippen LogP contribution in [-0.2, 0) is 4.74 Å². The number of nitrogen functional groups attached to an aromatic ring is 1. The predicted molar refractivity (Wildman–Crippen MR) is 70.4 cm³/mol. The van der Waals surface area contributed by atoms with Crippen molar-refractivity contribution >= 4 is 29.0 Å². The van der Waals surface area contributed by atoms with Gasteiger partial charge in [0.05, 0.1) is 16.7 Å². The van der Waals surface area contributed by atoms with Crippen LogP contribution >= 0.6 is 11.3 Å². The quantitative estimate of drug-likeness (QED) is 0.802. The molecular weight excluding hydrogens is 252 g/mol. The number of hydrogen-bond acceptors (Lipinski definition) is 5. The summed E-state index contributed by atoms with van der Waals surface area (Å²) >= 11 is 1.13. The average Bonchev–Trinajstić information content (AvgIpc) is 2.59. The van der Waals surface area contributed by atoms with Crippen molar-refractivity contribution < 1.29 is 14.3 Å². The Morgan fingerprint density at radius 3 is 2.72 bits per heavy atom. The highest BCUT2D eigenvalue weighted by molar-refractivity contribution is 7.15. The Morgan fingerprint density at radius 1 is 1.50 bits per heavy atom. The van der Waals surface area contributed by atoms with Gasteiger partial charge in [0.1, 0.15) is 4.88 Å². The van der Waals surface area contributed by atoms with Gasteiger partial charge in [-0.1, -0.05) is 5.92 Å². The normalized spacial score (nSPS) is 9.56. The first-order valence-electron chi connectivity index (χ1n) is 5.28. The number of anilines is 1. The molecule has 1 aromatic rings. The molecule has 0 aliphatic rings. The van der Waals surface area contributed by atoms with E-state index in [1.165, 1.54) is 6.07 Å². The molecule has 0 saturated heterocycles. The number of nitrogens with two attached hydrogens (primary N) is 1. The second kappa shape index (κ2) is 6.07. The van der Waals surface area contributed by atoms with Crippen LogP contribution in [0.4, 0.5) is 10.5 Å². The molecule has 0 saturated carbocycles. The topological polar surface area (TPSA) is 81.4 Å². The molecule has 0 fully saturated rings. The first-order chi connectivity index (χ1) is 8.43. The van der Waals surface area contributed by atoms with E-state index in [-0.39, 0.29) is 6.10 Å². The van der Waals surface area contributed by atoms with E-state index in [1.54, 1.807) is 20.8 Å². The summed E-state index contributed by atoms with van der Waals surface area (Å²) in [6.45, 7) is 5.07. The van der Waals surface area contributed by atoms with Crippen molar-refractivity contribution in [1.29, 1.82) is 0 Å². The molecule has 3 N–H and O–H groups in total. The van der Waals surface area contributed by atoms with Crippen molar-refractivity contribution in [2.45, 2.75) is 26.9 Å². The van der Waals surface area contributed by atoms with E-state index in [0.717, 1.165) is 11.3 Å². The lowest BCUT2D eigenvalue weighted by Crippen LogP contribution is -2.32. The molecule has 0 unspecified atom stereocenters. The highest BCUT2D eigenvalue weighted by atomic mass is 32.1. The van der Waals surface area contributed by atoms with Gasteiger partial charge in [0.15, 0.2) is 0 Å². The van der Waals surface area contributed by atoms with E-state index >= 15 is 0 Å². The van der Waals surface area contributed by atoms with Crippen molar-refractivity contribution in [1.82, 2.24) is 5.32 Å². The van der Waals surface area contributed by atoms with Crippen LogP contribution in [0.15, 0.2) is 6.07 Å². The van der Waals surface area contributed by atoms with Crippen molar-refractivity contribution in [2.24, 2.45) is 0 Å². The fourth-order valence-electron chi connectivity index (χ4n) is 1.13. The van der Waals surface area contributed by atoms with E-state index in [1.807, 2.05) is 0 Å². The number of carbonyl (C=O) groups excluding carboxylic acids is 2. The van der Waals surface area contributed by atoms with Gasteiger partial charge in [-0.2, -0.15) is 0 Å². The third-order valence-electron chi connectivity index (χ3n) is 1.78. The number of ether oxygens (including phenoxy) is 1. The van der Waals surface area contributed by atoms with Gasteiger partial charge in [0, 0.05) is 0 Å². The molecule has 0 aliphatic carbocycles.